The fraction of sp³-hybridized carbons (Fsp3) is 0.121. The van der Waals surface area contributed by atoms with Crippen molar-refractivity contribution in [1.82, 2.24) is 0 Å². The van der Waals surface area contributed by atoms with Gasteiger partial charge in [-0.25, -0.2) is 13.6 Å². The predicted octanol–water partition coefficient (Wildman–Crippen LogP) is 8.00. The van der Waals surface area contributed by atoms with Crippen molar-refractivity contribution in [3.05, 3.63) is 118 Å². The molecule has 8 heteroatoms. The Morgan fingerprint density at radius 2 is 1.41 bits per heavy atom. The zero-order chi connectivity index (χ0) is 28.7. The van der Waals surface area contributed by atoms with Crippen LogP contribution in [0.2, 0.25) is 0 Å². The van der Waals surface area contributed by atoms with Gasteiger partial charge in [-0.15, -0.1) is 11.3 Å². The summed E-state index contributed by atoms with van der Waals surface area (Å²) in [5, 5.41) is 3.28. The molecule has 41 heavy (non-hydrogen) atoms. The number of hydrogen-bond acceptors (Lipinski definition) is 6. The maximum Gasteiger partial charge on any atom is 0.339 e. The van der Waals surface area contributed by atoms with Gasteiger partial charge in [0.25, 0.3) is 0 Å². The van der Waals surface area contributed by atoms with Gasteiger partial charge in [0.05, 0.1) is 26.9 Å². The lowest BCUT2D eigenvalue weighted by molar-refractivity contribution is 0.0600. The minimum absolute atomic E-state index is 0.327. The molecule has 0 amide bonds. The van der Waals surface area contributed by atoms with Crippen LogP contribution in [0.15, 0.2) is 84.3 Å². The average Bonchev–Trinajstić information content (AvgIpc) is 3.54. The van der Waals surface area contributed by atoms with Crippen LogP contribution in [0.5, 0.6) is 17.2 Å². The molecule has 1 aromatic heterocycles. The molecule has 0 saturated carbocycles. The molecule has 0 atom stereocenters. The Hall–Kier alpha value is -4.69. The van der Waals surface area contributed by atoms with Gasteiger partial charge in [0.2, 0.25) is 0 Å². The molecule has 6 rings (SSSR count). The highest BCUT2D eigenvalue weighted by atomic mass is 32.1. The van der Waals surface area contributed by atoms with E-state index in [1.165, 1.54) is 42.7 Å². The van der Waals surface area contributed by atoms with Crippen molar-refractivity contribution in [2.24, 2.45) is 0 Å². The van der Waals surface area contributed by atoms with Crippen molar-refractivity contribution in [3.8, 4) is 27.7 Å². The number of benzene rings is 4. The minimum atomic E-state index is -1.27. The fourth-order valence-corrected chi connectivity index (χ4v) is 6.12. The van der Waals surface area contributed by atoms with Crippen LogP contribution in [-0.4, -0.2) is 27.3 Å². The number of fused-ring (bicyclic) bond motifs is 3. The molecule has 5 nitrogen and oxygen atoms in total. The van der Waals surface area contributed by atoms with Crippen molar-refractivity contribution < 1.29 is 32.5 Å². The lowest BCUT2D eigenvalue weighted by atomic mass is 9.81. The number of hydrogen-bond donors (Lipinski definition) is 0. The molecular weight excluding hydrogens is 546 g/mol. The van der Waals surface area contributed by atoms with Gasteiger partial charge in [0, 0.05) is 32.5 Å². The highest BCUT2D eigenvalue weighted by molar-refractivity contribution is 7.13. The summed E-state index contributed by atoms with van der Waals surface area (Å²) in [5.74, 6) is -0.0118. The lowest BCUT2D eigenvalue weighted by Crippen LogP contribution is -2.35. The molecule has 0 N–H and O–H groups in total. The van der Waals surface area contributed by atoms with E-state index in [4.69, 9.17) is 18.9 Å². The third-order valence-electron chi connectivity index (χ3n) is 7.25. The molecule has 0 spiro atoms. The second-order valence-electron chi connectivity index (χ2n) is 9.40. The van der Waals surface area contributed by atoms with Gasteiger partial charge in [-0.1, -0.05) is 30.3 Å². The molecule has 4 aromatic carbocycles. The zero-order valence-corrected chi connectivity index (χ0v) is 23.2. The van der Waals surface area contributed by atoms with Crippen LogP contribution in [0.1, 0.15) is 27.0 Å². The normalized spacial score (nSPS) is 13.4. The highest BCUT2D eigenvalue weighted by Crippen LogP contribution is 2.52. The summed E-state index contributed by atoms with van der Waals surface area (Å²) in [6.07, 6.45) is 3.61. The third-order valence-corrected chi connectivity index (χ3v) is 8.14. The number of thiophene rings is 1. The van der Waals surface area contributed by atoms with Crippen molar-refractivity contribution in [1.29, 1.82) is 0 Å². The van der Waals surface area contributed by atoms with Crippen molar-refractivity contribution in [2.75, 3.05) is 21.3 Å². The standard InChI is InChI=1S/C33H24F2O5S/c1-37-26-17-24-25(18-27(26)38-2)31-23(30(32(36)39-3)29(24)28-5-4-16-41-28)14-15-33(40-31,19-6-10-21(34)11-7-19)20-8-12-22(35)13-9-20/h4-18H,1-3H3. The van der Waals surface area contributed by atoms with Crippen molar-refractivity contribution in [2.45, 2.75) is 5.60 Å². The van der Waals surface area contributed by atoms with Gasteiger partial charge in [-0.2, -0.15) is 0 Å². The van der Waals surface area contributed by atoms with Crippen LogP contribution >= 0.6 is 11.3 Å². The molecule has 0 bridgehead atoms. The van der Waals surface area contributed by atoms with Gasteiger partial charge in [0.1, 0.15) is 17.4 Å². The summed E-state index contributed by atoms with van der Waals surface area (Å²) in [6, 6.07) is 19.4. The van der Waals surface area contributed by atoms with Crippen LogP contribution in [0.4, 0.5) is 8.78 Å². The summed E-state index contributed by atoms with van der Waals surface area (Å²) in [5.41, 5.74) is 1.47. The summed E-state index contributed by atoms with van der Waals surface area (Å²) in [6.45, 7) is 0. The molecule has 0 fully saturated rings. The Bertz CT molecular complexity index is 1750. The zero-order valence-electron chi connectivity index (χ0n) is 22.4. The number of carbonyl (C=O) groups is 1. The van der Waals surface area contributed by atoms with Gasteiger partial charge >= 0.3 is 5.97 Å². The Morgan fingerprint density at radius 3 is 1.93 bits per heavy atom. The molecule has 0 unspecified atom stereocenters. The number of halogens is 2. The van der Waals surface area contributed by atoms with Gasteiger partial charge < -0.3 is 18.9 Å². The average molecular weight is 571 g/mol. The van der Waals surface area contributed by atoms with Gasteiger partial charge in [0.15, 0.2) is 17.1 Å². The van der Waals surface area contributed by atoms with E-state index < -0.39 is 23.2 Å². The second-order valence-corrected chi connectivity index (χ2v) is 10.3. The van der Waals surface area contributed by atoms with E-state index in [0.717, 1.165) is 4.88 Å². The maximum atomic E-state index is 14.0. The molecule has 2 heterocycles. The maximum absolute atomic E-state index is 14.0. The van der Waals surface area contributed by atoms with Crippen LogP contribution in [-0.2, 0) is 10.3 Å². The number of rotatable bonds is 6. The first kappa shape index (κ1) is 26.5. The first-order valence-electron chi connectivity index (χ1n) is 12.7. The molecule has 1 aliphatic rings. The molecule has 0 radical (unpaired) electrons. The Labute approximate surface area is 239 Å². The summed E-state index contributed by atoms with van der Waals surface area (Å²) in [7, 11) is 4.42. The van der Waals surface area contributed by atoms with Gasteiger partial charge in [-0.3, -0.25) is 0 Å². The molecule has 5 aromatic rings. The van der Waals surface area contributed by atoms with Crippen molar-refractivity contribution in [3.63, 3.8) is 0 Å². The first-order valence-corrected chi connectivity index (χ1v) is 13.6. The van der Waals surface area contributed by atoms with Crippen LogP contribution in [0, 0.1) is 11.6 Å². The monoisotopic (exact) mass is 570 g/mol. The van der Waals surface area contributed by atoms with E-state index in [1.807, 2.05) is 35.7 Å². The number of methoxy groups -OCH3 is 3. The third kappa shape index (κ3) is 4.31. The highest BCUT2D eigenvalue weighted by Gasteiger charge is 2.40. The molecule has 0 saturated heterocycles. The number of ether oxygens (including phenoxy) is 4. The second kappa shape index (κ2) is 10.4. The first-order chi connectivity index (χ1) is 19.9. The van der Waals surface area contributed by atoms with E-state index >= 15 is 0 Å². The SMILES string of the molecule is COC(=O)c1c2c(c3cc(OC)c(OC)cc3c1-c1cccs1)OC(c1ccc(F)cc1)(c1ccc(F)cc1)C=C2. The smallest absolute Gasteiger partial charge is 0.339 e. The fourth-order valence-electron chi connectivity index (χ4n) is 5.33. The van der Waals surface area contributed by atoms with E-state index in [1.54, 1.807) is 44.6 Å². The van der Waals surface area contributed by atoms with E-state index in [0.29, 0.717) is 55.8 Å². The predicted molar refractivity (Wildman–Crippen MR) is 155 cm³/mol. The summed E-state index contributed by atoms with van der Waals surface area (Å²) >= 11 is 1.49. The minimum Gasteiger partial charge on any atom is -0.493 e. The molecular formula is C33H24F2O5S. The van der Waals surface area contributed by atoms with Crippen LogP contribution < -0.4 is 14.2 Å². The van der Waals surface area contributed by atoms with Crippen LogP contribution in [0.25, 0.3) is 27.3 Å². The van der Waals surface area contributed by atoms with Crippen LogP contribution in [0.3, 0.4) is 0 Å². The Kier molecular flexibility index (Phi) is 6.71. The van der Waals surface area contributed by atoms with Gasteiger partial charge in [-0.05, 0) is 65.4 Å². The number of carbonyl (C=O) groups excluding carboxylic acids is 1. The van der Waals surface area contributed by atoms with E-state index in [2.05, 4.69) is 0 Å². The van der Waals surface area contributed by atoms with E-state index in [-0.39, 0.29) is 0 Å². The quantitative estimate of drug-likeness (QED) is 0.194. The van der Waals surface area contributed by atoms with Crippen molar-refractivity contribution >= 4 is 34.2 Å². The number of esters is 1. The Balaban J connectivity index is 1.74. The summed E-state index contributed by atoms with van der Waals surface area (Å²) in [4.78, 5) is 14.3. The molecule has 206 valence electrons. The van der Waals surface area contributed by atoms with E-state index in [9.17, 15) is 13.6 Å². The Morgan fingerprint density at radius 1 is 0.829 bits per heavy atom. The molecule has 1 aliphatic heterocycles. The largest absolute Gasteiger partial charge is 0.493 e. The lowest BCUT2D eigenvalue weighted by Gasteiger charge is -2.37. The molecule has 0 aliphatic carbocycles. The topological polar surface area (TPSA) is 54.0 Å². The summed E-state index contributed by atoms with van der Waals surface area (Å²) < 4.78 is 51.5.